The van der Waals surface area contributed by atoms with Crippen LogP contribution in [0.25, 0.3) is 0 Å². The molecule has 0 aromatic heterocycles. The zero-order valence-electron chi connectivity index (χ0n) is 20.6. The van der Waals surface area contributed by atoms with Gasteiger partial charge < -0.3 is 21.0 Å². The standard InChI is InChI=1S/C29H32FN3O3/c1-3-5-21(32-29(36)23-6-4-7-26(34)28(23)35)14-18-8-9-19-15-25-24(17(2)27(18)19)16-31-33(25)22-12-10-20(30)11-13-22/h4,6-7,10-13,15-18,21,31,34-35H,3,5,8-9,14H2,1-2H3,(H,32,36)/t17-,18+,21?/m0/s1. The number of allylic oxidation sites excluding steroid dienone is 4. The molecule has 1 amide bonds. The normalized spacial score (nSPS) is 21.4. The Kier molecular flexibility index (Phi) is 6.48. The number of nitrogens with one attached hydrogen (secondary N) is 2. The number of nitrogens with zero attached hydrogens (tertiary/aromatic N) is 1. The second-order valence-electron chi connectivity index (χ2n) is 9.88. The Morgan fingerprint density at radius 2 is 2.00 bits per heavy atom. The number of anilines is 1. The average Bonchev–Trinajstić information content (AvgIpc) is 3.46. The fourth-order valence-electron chi connectivity index (χ4n) is 5.88. The summed E-state index contributed by atoms with van der Waals surface area (Å²) in [6.07, 6.45) is 8.90. The van der Waals surface area contributed by atoms with Crippen molar-refractivity contribution in [2.24, 2.45) is 11.8 Å². The fraction of sp³-hybridized carbons (Fsp3) is 0.345. The molecule has 5 rings (SSSR count). The molecule has 188 valence electrons. The van der Waals surface area contributed by atoms with E-state index in [9.17, 15) is 19.4 Å². The van der Waals surface area contributed by atoms with Crippen LogP contribution in [0.3, 0.4) is 0 Å². The molecule has 3 aliphatic rings. The molecule has 0 bridgehead atoms. The van der Waals surface area contributed by atoms with Crippen LogP contribution in [0.15, 0.2) is 77.2 Å². The Labute approximate surface area is 210 Å². The highest BCUT2D eigenvalue weighted by molar-refractivity contribution is 5.97. The van der Waals surface area contributed by atoms with Gasteiger partial charge in [0.25, 0.3) is 5.91 Å². The number of hydrogen-bond donors (Lipinski definition) is 4. The Morgan fingerprint density at radius 3 is 2.75 bits per heavy atom. The van der Waals surface area contributed by atoms with Gasteiger partial charge in [0.1, 0.15) is 5.82 Å². The van der Waals surface area contributed by atoms with Crippen molar-refractivity contribution in [2.45, 2.75) is 52.0 Å². The average molecular weight is 490 g/mol. The van der Waals surface area contributed by atoms with E-state index < -0.39 is 0 Å². The van der Waals surface area contributed by atoms with Gasteiger partial charge in [-0.15, -0.1) is 0 Å². The number of para-hydroxylation sites is 1. The lowest BCUT2D eigenvalue weighted by atomic mass is 9.78. The topological polar surface area (TPSA) is 84.8 Å². The molecule has 0 spiro atoms. The molecular weight excluding hydrogens is 457 g/mol. The Balaban J connectivity index is 1.35. The van der Waals surface area contributed by atoms with Gasteiger partial charge in [-0.2, -0.15) is 0 Å². The summed E-state index contributed by atoms with van der Waals surface area (Å²) in [5, 5.41) is 25.0. The summed E-state index contributed by atoms with van der Waals surface area (Å²) in [4.78, 5) is 12.9. The number of benzene rings is 2. The number of phenolic OH excluding ortho intramolecular Hbond substituents is 2. The van der Waals surface area contributed by atoms with Crippen LogP contribution < -0.4 is 15.8 Å². The highest BCUT2D eigenvalue weighted by atomic mass is 19.1. The van der Waals surface area contributed by atoms with Gasteiger partial charge in [-0.3, -0.25) is 9.80 Å². The van der Waals surface area contributed by atoms with Crippen LogP contribution in [0.2, 0.25) is 0 Å². The van der Waals surface area contributed by atoms with Crippen molar-refractivity contribution in [1.82, 2.24) is 10.7 Å². The molecular formula is C29H32FN3O3. The summed E-state index contributed by atoms with van der Waals surface area (Å²) in [6.45, 7) is 4.34. The molecule has 36 heavy (non-hydrogen) atoms. The minimum Gasteiger partial charge on any atom is -0.504 e. The molecule has 2 aromatic rings. The fourth-order valence-corrected chi connectivity index (χ4v) is 5.88. The predicted octanol–water partition coefficient (Wildman–Crippen LogP) is 5.67. The molecule has 0 saturated carbocycles. The number of carbonyl (C=O) groups is 1. The predicted molar refractivity (Wildman–Crippen MR) is 138 cm³/mol. The van der Waals surface area contributed by atoms with Crippen molar-refractivity contribution in [1.29, 1.82) is 0 Å². The first-order chi connectivity index (χ1) is 17.4. The first-order valence-electron chi connectivity index (χ1n) is 12.7. The van der Waals surface area contributed by atoms with E-state index in [2.05, 4.69) is 30.7 Å². The van der Waals surface area contributed by atoms with Crippen LogP contribution in [0.4, 0.5) is 10.1 Å². The van der Waals surface area contributed by atoms with Crippen LogP contribution in [-0.2, 0) is 0 Å². The van der Waals surface area contributed by atoms with Gasteiger partial charge in [0.15, 0.2) is 11.5 Å². The van der Waals surface area contributed by atoms with E-state index in [0.29, 0.717) is 5.92 Å². The third-order valence-corrected chi connectivity index (χ3v) is 7.59. The molecule has 0 radical (unpaired) electrons. The van der Waals surface area contributed by atoms with Crippen molar-refractivity contribution in [3.8, 4) is 11.5 Å². The number of phenols is 2. The van der Waals surface area contributed by atoms with E-state index in [0.717, 1.165) is 43.5 Å². The number of hydrogen-bond acceptors (Lipinski definition) is 5. The Bertz CT molecular complexity index is 1270. The number of fused-ring (bicyclic) bond motifs is 1. The van der Waals surface area contributed by atoms with Crippen LogP contribution in [-0.4, -0.2) is 22.2 Å². The summed E-state index contributed by atoms with van der Waals surface area (Å²) < 4.78 is 13.4. The van der Waals surface area contributed by atoms with Gasteiger partial charge in [-0.25, -0.2) is 4.39 Å². The minimum atomic E-state index is -0.388. The number of rotatable bonds is 7. The molecule has 1 aliphatic heterocycles. The molecule has 3 atom stereocenters. The van der Waals surface area contributed by atoms with E-state index in [1.165, 1.54) is 41.0 Å². The third kappa shape index (κ3) is 4.34. The van der Waals surface area contributed by atoms with E-state index >= 15 is 0 Å². The van der Waals surface area contributed by atoms with Gasteiger partial charge in [0.05, 0.1) is 16.9 Å². The summed E-state index contributed by atoms with van der Waals surface area (Å²) in [6, 6.07) is 10.9. The lowest BCUT2D eigenvalue weighted by Gasteiger charge is -2.31. The van der Waals surface area contributed by atoms with E-state index in [1.807, 2.05) is 11.2 Å². The van der Waals surface area contributed by atoms with Gasteiger partial charge in [0.2, 0.25) is 0 Å². The first-order valence-corrected chi connectivity index (χ1v) is 12.7. The lowest BCUT2D eigenvalue weighted by Crippen LogP contribution is -2.36. The van der Waals surface area contributed by atoms with Crippen LogP contribution in [0.1, 0.15) is 56.3 Å². The molecule has 6 nitrogen and oxygen atoms in total. The van der Waals surface area contributed by atoms with Gasteiger partial charge in [0, 0.05) is 23.7 Å². The lowest BCUT2D eigenvalue weighted by molar-refractivity contribution is 0.0926. The quantitative estimate of drug-likeness (QED) is 0.377. The number of carbonyl (C=O) groups excluding carboxylic acids is 1. The molecule has 1 heterocycles. The Hall–Kier alpha value is -3.74. The van der Waals surface area contributed by atoms with Crippen LogP contribution >= 0.6 is 0 Å². The molecule has 2 aliphatic carbocycles. The Morgan fingerprint density at radius 1 is 1.22 bits per heavy atom. The third-order valence-electron chi connectivity index (χ3n) is 7.59. The summed E-state index contributed by atoms with van der Waals surface area (Å²) in [5.41, 5.74) is 9.41. The molecule has 7 heteroatoms. The summed E-state index contributed by atoms with van der Waals surface area (Å²) in [5.74, 6) is -0.728. The molecule has 1 unspecified atom stereocenters. The smallest absolute Gasteiger partial charge is 0.255 e. The molecule has 0 fully saturated rings. The minimum absolute atomic E-state index is 0.0370. The highest BCUT2D eigenvalue weighted by Crippen LogP contribution is 2.49. The maximum absolute atomic E-state index is 13.4. The van der Waals surface area contributed by atoms with E-state index in [1.54, 1.807) is 18.2 Å². The maximum atomic E-state index is 13.4. The number of aromatic hydroxyl groups is 2. The SMILES string of the molecule is CCCC(C[C@H]1CCC2=C1[C@@H](C)C1=CNN(c3ccc(F)cc3)C1=C2)NC(=O)c1cccc(O)c1O. The maximum Gasteiger partial charge on any atom is 0.255 e. The van der Waals surface area contributed by atoms with Crippen LogP contribution in [0.5, 0.6) is 11.5 Å². The van der Waals surface area contributed by atoms with Gasteiger partial charge >= 0.3 is 0 Å². The second-order valence-corrected chi connectivity index (χ2v) is 9.88. The number of halogens is 1. The molecule has 2 aromatic carbocycles. The number of amides is 1. The van der Waals surface area contributed by atoms with Gasteiger partial charge in [-0.1, -0.05) is 31.9 Å². The van der Waals surface area contributed by atoms with Crippen molar-refractivity contribution in [3.63, 3.8) is 0 Å². The first kappa shape index (κ1) is 24.0. The van der Waals surface area contributed by atoms with Crippen molar-refractivity contribution >= 4 is 11.6 Å². The largest absolute Gasteiger partial charge is 0.504 e. The molecule has 0 saturated heterocycles. The van der Waals surface area contributed by atoms with Crippen molar-refractivity contribution in [2.75, 3.05) is 5.01 Å². The van der Waals surface area contributed by atoms with Gasteiger partial charge in [-0.05, 0) is 79.6 Å². The van der Waals surface area contributed by atoms with E-state index in [-0.39, 0.29) is 40.7 Å². The number of hydrazine groups is 1. The highest BCUT2D eigenvalue weighted by Gasteiger charge is 2.38. The summed E-state index contributed by atoms with van der Waals surface area (Å²) in [7, 11) is 0. The van der Waals surface area contributed by atoms with Crippen LogP contribution in [0, 0.1) is 17.7 Å². The van der Waals surface area contributed by atoms with Crippen molar-refractivity contribution in [3.05, 3.63) is 88.5 Å². The molecule has 4 N–H and O–H groups in total. The monoisotopic (exact) mass is 489 g/mol. The van der Waals surface area contributed by atoms with Crippen molar-refractivity contribution < 1.29 is 19.4 Å². The zero-order valence-corrected chi connectivity index (χ0v) is 20.6. The summed E-state index contributed by atoms with van der Waals surface area (Å²) >= 11 is 0. The second kappa shape index (κ2) is 9.72. The zero-order chi connectivity index (χ0) is 25.4. The van der Waals surface area contributed by atoms with E-state index in [4.69, 9.17) is 0 Å².